The molecule has 0 amide bonds. The molecule has 0 spiro atoms. The molecular weight excluding hydrogens is 266 g/mol. The van der Waals surface area contributed by atoms with Crippen LogP contribution in [0.25, 0.3) is 0 Å². The fraction of sp³-hybridized carbons (Fsp3) is 0.923. The van der Waals surface area contributed by atoms with Crippen molar-refractivity contribution in [3.05, 3.63) is 0 Å². The van der Waals surface area contributed by atoms with Gasteiger partial charge in [0.05, 0.1) is 5.75 Å². The van der Waals surface area contributed by atoms with Gasteiger partial charge in [0.2, 0.25) is 0 Å². The van der Waals surface area contributed by atoms with Gasteiger partial charge in [-0.25, -0.2) is 8.42 Å². The van der Waals surface area contributed by atoms with Gasteiger partial charge >= 0.3 is 5.97 Å². The van der Waals surface area contributed by atoms with Crippen molar-refractivity contribution in [2.24, 2.45) is 5.92 Å². The molecule has 1 N–H and O–H groups in total. The molecule has 2 unspecified atom stereocenters. The van der Waals surface area contributed by atoms with Crippen LogP contribution < -0.4 is 0 Å². The minimum atomic E-state index is -2.95. The highest BCUT2D eigenvalue weighted by molar-refractivity contribution is 7.91. The van der Waals surface area contributed by atoms with Crippen LogP contribution in [0.15, 0.2) is 0 Å². The van der Waals surface area contributed by atoms with E-state index >= 15 is 0 Å². The Bertz CT molecular complexity index is 393. The second-order valence-corrected chi connectivity index (χ2v) is 7.75. The van der Waals surface area contributed by atoms with E-state index < -0.39 is 21.8 Å². The summed E-state index contributed by atoms with van der Waals surface area (Å²) in [5.74, 6) is 0.0183. The first-order chi connectivity index (χ1) is 8.89. The summed E-state index contributed by atoms with van der Waals surface area (Å²) in [7, 11) is -2.95. The predicted octanol–water partition coefficient (Wildman–Crippen LogP) is 1.39. The van der Waals surface area contributed by atoms with Crippen LogP contribution in [0.5, 0.6) is 0 Å². The second-order valence-electron chi connectivity index (χ2n) is 5.28. The van der Waals surface area contributed by atoms with Crippen molar-refractivity contribution >= 4 is 15.8 Å². The van der Waals surface area contributed by atoms with Gasteiger partial charge in [0.15, 0.2) is 0 Å². The highest BCUT2D eigenvalue weighted by Crippen LogP contribution is 2.25. The summed E-state index contributed by atoms with van der Waals surface area (Å²) in [6, 6.07) is -0.442. The molecule has 0 radical (unpaired) electrons. The number of rotatable bonds is 7. The minimum Gasteiger partial charge on any atom is -0.480 e. The summed E-state index contributed by atoms with van der Waals surface area (Å²) in [5, 5.41) is 9.27. The van der Waals surface area contributed by atoms with E-state index in [1.54, 1.807) is 6.92 Å². The third-order valence-corrected chi connectivity index (χ3v) is 5.82. The number of nitrogens with zero attached hydrogens (tertiary/aromatic N) is 1. The molecule has 1 fully saturated rings. The van der Waals surface area contributed by atoms with Crippen LogP contribution in [-0.2, 0) is 14.6 Å². The number of aliphatic carboxylic acids is 1. The van der Waals surface area contributed by atoms with Crippen LogP contribution >= 0.6 is 0 Å². The molecule has 0 aromatic rings. The zero-order valence-corrected chi connectivity index (χ0v) is 12.7. The lowest BCUT2D eigenvalue weighted by Crippen LogP contribution is -2.47. The van der Waals surface area contributed by atoms with E-state index in [1.165, 1.54) is 0 Å². The third kappa shape index (κ3) is 5.10. The normalized spacial score (nSPS) is 25.4. The first-order valence-corrected chi connectivity index (χ1v) is 8.89. The molecule has 2 atom stereocenters. The lowest BCUT2D eigenvalue weighted by Gasteiger charge is -2.36. The number of carboxylic acids is 1. The summed E-state index contributed by atoms with van der Waals surface area (Å²) >= 11 is 0. The molecule has 6 heteroatoms. The Morgan fingerprint density at radius 1 is 1.37 bits per heavy atom. The van der Waals surface area contributed by atoms with Crippen molar-refractivity contribution in [2.45, 2.75) is 45.6 Å². The average molecular weight is 291 g/mol. The minimum absolute atomic E-state index is 0.156. The summed E-state index contributed by atoms with van der Waals surface area (Å²) in [6.45, 7) is 5.06. The van der Waals surface area contributed by atoms with Gasteiger partial charge in [0, 0.05) is 5.75 Å². The van der Waals surface area contributed by atoms with E-state index in [0.717, 1.165) is 19.4 Å². The van der Waals surface area contributed by atoms with Gasteiger partial charge in [0.25, 0.3) is 0 Å². The van der Waals surface area contributed by atoms with Crippen LogP contribution in [0.3, 0.4) is 0 Å². The highest BCUT2D eigenvalue weighted by atomic mass is 32.2. The molecule has 1 aliphatic heterocycles. The standard InChI is InChI=1S/C13H25NO4S/c1-3-11-6-8-14(12(10-11)13(15)16)7-5-9-19(17,18)4-2/h11-12H,3-10H2,1-2H3,(H,15,16). The van der Waals surface area contributed by atoms with Gasteiger partial charge < -0.3 is 5.11 Å². The topological polar surface area (TPSA) is 74.7 Å². The first-order valence-electron chi connectivity index (χ1n) is 7.06. The van der Waals surface area contributed by atoms with Gasteiger partial charge in [-0.15, -0.1) is 0 Å². The fourth-order valence-electron chi connectivity index (χ4n) is 2.61. The Morgan fingerprint density at radius 3 is 2.58 bits per heavy atom. The van der Waals surface area contributed by atoms with E-state index in [9.17, 15) is 18.3 Å². The summed E-state index contributed by atoms with van der Waals surface area (Å²) in [5.41, 5.74) is 0. The van der Waals surface area contributed by atoms with E-state index in [4.69, 9.17) is 0 Å². The SMILES string of the molecule is CCC1CCN(CCCS(=O)(=O)CC)C(C(=O)O)C1. The number of carboxylic acid groups (broad SMARTS) is 1. The molecule has 0 saturated carbocycles. The number of hydrogen-bond acceptors (Lipinski definition) is 4. The van der Waals surface area contributed by atoms with Crippen molar-refractivity contribution in [1.82, 2.24) is 4.90 Å². The Kier molecular flexibility index (Phi) is 6.26. The van der Waals surface area contributed by atoms with Crippen LogP contribution in [0, 0.1) is 5.92 Å². The Labute approximate surface area is 115 Å². The van der Waals surface area contributed by atoms with Crippen molar-refractivity contribution < 1.29 is 18.3 Å². The van der Waals surface area contributed by atoms with Crippen molar-refractivity contribution in [3.8, 4) is 0 Å². The first kappa shape index (κ1) is 16.4. The van der Waals surface area contributed by atoms with E-state index in [-0.39, 0.29) is 11.5 Å². The maximum Gasteiger partial charge on any atom is 0.320 e. The Hall–Kier alpha value is -0.620. The Morgan fingerprint density at radius 2 is 2.05 bits per heavy atom. The molecule has 0 bridgehead atoms. The molecule has 5 nitrogen and oxygen atoms in total. The molecule has 19 heavy (non-hydrogen) atoms. The van der Waals surface area contributed by atoms with E-state index in [0.29, 0.717) is 25.3 Å². The van der Waals surface area contributed by atoms with Gasteiger partial charge in [-0.1, -0.05) is 20.3 Å². The molecule has 1 heterocycles. The molecular formula is C13H25NO4S. The Balaban J connectivity index is 2.50. The van der Waals surface area contributed by atoms with Crippen LogP contribution in [0.1, 0.15) is 39.5 Å². The van der Waals surface area contributed by atoms with Crippen LogP contribution in [0.2, 0.25) is 0 Å². The number of hydrogen-bond donors (Lipinski definition) is 1. The zero-order valence-electron chi connectivity index (χ0n) is 11.8. The van der Waals surface area contributed by atoms with Crippen molar-refractivity contribution in [1.29, 1.82) is 0 Å². The number of carbonyl (C=O) groups is 1. The number of sulfone groups is 1. The van der Waals surface area contributed by atoms with Crippen LogP contribution in [-0.4, -0.2) is 55.0 Å². The van der Waals surface area contributed by atoms with Crippen LogP contribution in [0.4, 0.5) is 0 Å². The van der Waals surface area contributed by atoms with Crippen molar-refractivity contribution in [2.75, 3.05) is 24.6 Å². The van der Waals surface area contributed by atoms with Gasteiger partial charge in [0.1, 0.15) is 15.9 Å². The lowest BCUT2D eigenvalue weighted by molar-refractivity contribution is -0.145. The molecule has 112 valence electrons. The molecule has 0 aliphatic carbocycles. The largest absolute Gasteiger partial charge is 0.480 e. The summed E-state index contributed by atoms with van der Waals surface area (Å²) < 4.78 is 22.8. The quantitative estimate of drug-likeness (QED) is 0.767. The molecule has 1 saturated heterocycles. The lowest BCUT2D eigenvalue weighted by atomic mass is 9.89. The van der Waals surface area contributed by atoms with Gasteiger partial charge in [-0.05, 0) is 38.3 Å². The fourth-order valence-corrected chi connectivity index (χ4v) is 3.47. The van der Waals surface area contributed by atoms with Gasteiger partial charge in [-0.2, -0.15) is 0 Å². The maximum absolute atomic E-state index is 11.4. The van der Waals surface area contributed by atoms with Crippen molar-refractivity contribution in [3.63, 3.8) is 0 Å². The average Bonchev–Trinajstić information content (AvgIpc) is 2.38. The number of piperidine rings is 1. The maximum atomic E-state index is 11.4. The predicted molar refractivity (Wildman–Crippen MR) is 75.0 cm³/mol. The molecule has 0 aromatic carbocycles. The molecule has 1 rings (SSSR count). The summed E-state index contributed by atoms with van der Waals surface area (Å²) in [6.07, 6.45) is 3.24. The molecule has 0 aromatic heterocycles. The molecule has 1 aliphatic rings. The zero-order chi connectivity index (χ0) is 14.5. The monoisotopic (exact) mass is 291 g/mol. The van der Waals surface area contributed by atoms with Gasteiger partial charge in [-0.3, -0.25) is 9.69 Å². The second kappa shape index (κ2) is 7.24. The van der Waals surface area contributed by atoms with E-state index in [1.807, 2.05) is 4.90 Å². The smallest absolute Gasteiger partial charge is 0.320 e. The highest BCUT2D eigenvalue weighted by Gasteiger charge is 2.32. The number of likely N-dealkylation sites (tertiary alicyclic amines) is 1. The van der Waals surface area contributed by atoms with E-state index in [2.05, 4.69) is 6.92 Å². The summed E-state index contributed by atoms with van der Waals surface area (Å²) in [4.78, 5) is 13.2. The third-order valence-electron chi connectivity index (χ3n) is 4.02.